The van der Waals surface area contributed by atoms with Crippen LogP contribution in [0.15, 0.2) is 30.3 Å². The van der Waals surface area contributed by atoms with Crippen LogP contribution in [0.1, 0.15) is 25.9 Å². The van der Waals surface area contributed by atoms with E-state index >= 15 is 0 Å². The van der Waals surface area contributed by atoms with E-state index in [1.807, 2.05) is 37.3 Å². The third-order valence-electron chi connectivity index (χ3n) is 4.44. The van der Waals surface area contributed by atoms with Crippen LogP contribution >= 0.6 is 11.3 Å². The van der Waals surface area contributed by atoms with Crippen LogP contribution in [-0.2, 0) is 11.2 Å². The molecular formula is C19H23N3O3S. The summed E-state index contributed by atoms with van der Waals surface area (Å²) in [5, 5.41) is 11.1. The Morgan fingerprint density at radius 3 is 2.65 bits per heavy atom. The molecule has 1 aromatic carbocycles. The molecule has 2 heterocycles. The van der Waals surface area contributed by atoms with Gasteiger partial charge < -0.3 is 14.9 Å². The van der Waals surface area contributed by atoms with Gasteiger partial charge in [-0.3, -0.25) is 9.59 Å². The number of thiazole rings is 1. The Morgan fingerprint density at radius 1 is 1.27 bits per heavy atom. The number of aryl methyl sites for hydroxylation is 2. The highest BCUT2D eigenvalue weighted by Crippen LogP contribution is 2.20. The molecule has 2 aromatic rings. The lowest BCUT2D eigenvalue weighted by Gasteiger charge is -2.21. The van der Waals surface area contributed by atoms with E-state index in [0.717, 1.165) is 17.0 Å². The number of aliphatic hydroxyl groups is 1. The maximum atomic E-state index is 12.8. The fourth-order valence-corrected chi connectivity index (χ4v) is 4.04. The van der Waals surface area contributed by atoms with Gasteiger partial charge in [0.1, 0.15) is 11.4 Å². The molecule has 1 atom stereocenters. The van der Waals surface area contributed by atoms with Crippen molar-refractivity contribution in [2.75, 3.05) is 26.2 Å². The number of carbonyl (C=O) groups is 2. The van der Waals surface area contributed by atoms with Crippen LogP contribution in [0.3, 0.4) is 0 Å². The zero-order chi connectivity index (χ0) is 18.7. The van der Waals surface area contributed by atoms with Crippen molar-refractivity contribution in [2.24, 2.45) is 0 Å². The molecule has 1 aliphatic rings. The number of hydrogen-bond donors (Lipinski definition) is 1. The van der Waals surface area contributed by atoms with Crippen molar-refractivity contribution in [3.8, 4) is 0 Å². The molecule has 2 amide bonds. The van der Waals surface area contributed by atoms with E-state index in [-0.39, 0.29) is 31.4 Å². The third-order valence-corrected chi connectivity index (χ3v) is 5.50. The average molecular weight is 373 g/mol. The summed E-state index contributed by atoms with van der Waals surface area (Å²) in [6.45, 7) is 4.56. The summed E-state index contributed by atoms with van der Waals surface area (Å²) in [4.78, 5) is 33.3. The average Bonchev–Trinajstić information content (AvgIpc) is 2.88. The normalized spacial score (nSPS) is 18.1. The fourth-order valence-electron chi connectivity index (χ4n) is 3.15. The van der Waals surface area contributed by atoms with E-state index in [1.54, 1.807) is 11.8 Å². The fraction of sp³-hybridized carbons (Fsp3) is 0.421. The number of carbonyl (C=O) groups excluding carboxylic acids is 2. The van der Waals surface area contributed by atoms with Gasteiger partial charge in [-0.2, -0.15) is 0 Å². The van der Waals surface area contributed by atoms with Gasteiger partial charge >= 0.3 is 0 Å². The van der Waals surface area contributed by atoms with Gasteiger partial charge in [0, 0.05) is 19.6 Å². The number of aliphatic hydroxyl groups excluding tert-OH is 1. The minimum atomic E-state index is -0.754. The first-order valence-corrected chi connectivity index (χ1v) is 9.48. The Hall–Kier alpha value is -2.25. The first kappa shape index (κ1) is 18.5. The van der Waals surface area contributed by atoms with Gasteiger partial charge in [0.15, 0.2) is 0 Å². The maximum Gasteiger partial charge on any atom is 0.266 e. The van der Waals surface area contributed by atoms with Crippen LogP contribution in [0.5, 0.6) is 0 Å². The summed E-state index contributed by atoms with van der Waals surface area (Å²) in [5.41, 5.74) is 1.81. The molecule has 1 aromatic heterocycles. The molecule has 0 spiro atoms. The second-order valence-electron chi connectivity index (χ2n) is 6.56. The Bertz CT molecular complexity index is 791. The highest BCUT2D eigenvalue weighted by Gasteiger charge is 2.31. The van der Waals surface area contributed by atoms with Gasteiger partial charge in [-0.1, -0.05) is 30.3 Å². The molecule has 1 fully saturated rings. The zero-order valence-electron chi connectivity index (χ0n) is 15.0. The summed E-state index contributed by atoms with van der Waals surface area (Å²) in [5.74, 6) is -0.366. The molecular weight excluding hydrogens is 350 g/mol. The number of β-amino-alcohol motifs (C(OH)–C–C–N with tert-alkyl or cyclic N) is 1. The molecule has 0 bridgehead atoms. The summed E-state index contributed by atoms with van der Waals surface area (Å²) >= 11 is 1.32. The van der Waals surface area contributed by atoms with Crippen molar-refractivity contribution in [3.63, 3.8) is 0 Å². The molecule has 0 aliphatic carbocycles. The minimum Gasteiger partial charge on any atom is -0.389 e. The molecule has 26 heavy (non-hydrogen) atoms. The Morgan fingerprint density at radius 2 is 2.00 bits per heavy atom. The van der Waals surface area contributed by atoms with E-state index in [1.165, 1.54) is 16.2 Å². The molecule has 1 aliphatic heterocycles. The maximum absolute atomic E-state index is 12.8. The number of amides is 2. The first-order valence-electron chi connectivity index (χ1n) is 8.67. The number of nitrogens with zero attached hydrogens (tertiary/aromatic N) is 3. The van der Waals surface area contributed by atoms with Gasteiger partial charge in [0.25, 0.3) is 5.91 Å². The Balaban J connectivity index is 1.68. The Labute approximate surface area is 157 Å². The van der Waals surface area contributed by atoms with Crippen LogP contribution in [0.4, 0.5) is 0 Å². The van der Waals surface area contributed by atoms with Crippen LogP contribution in [-0.4, -0.2) is 64.0 Å². The van der Waals surface area contributed by atoms with E-state index in [9.17, 15) is 14.7 Å². The topological polar surface area (TPSA) is 73.7 Å². The number of rotatable bonds is 4. The molecule has 0 radical (unpaired) electrons. The standard InChI is InChI=1S/C19H23N3O3S/c1-13-18(26-14(2)20-13)19(25)22-11-16(23)10-21(17(24)12-22)9-8-15-6-4-3-5-7-15/h3-7,16,23H,8-12H2,1-2H3. The van der Waals surface area contributed by atoms with Gasteiger partial charge in [-0.05, 0) is 25.8 Å². The molecule has 138 valence electrons. The summed E-state index contributed by atoms with van der Waals surface area (Å²) in [6, 6.07) is 9.92. The van der Waals surface area contributed by atoms with Gasteiger partial charge in [0.2, 0.25) is 5.91 Å². The first-order chi connectivity index (χ1) is 12.4. The second kappa shape index (κ2) is 7.97. The van der Waals surface area contributed by atoms with Crippen molar-refractivity contribution in [1.29, 1.82) is 0 Å². The molecule has 0 saturated carbocycles. The van der Waals surface area contributed by atoms with Gasteiger partial charge in [-0.15, -0.1) is 11.3 Å². The smallest absolute Gasteiger partial charge is 0.266 e. The van der Waals surface area contributed by atoms with Crippen molar-refractivity contribution in [2.45, 2.75) is 26.4 Å². The zero-order valence-corrected chi connectivity index (χ0v) is 15.8. The van der Waals surface area contributed by atoms with E-state index in [4.69, 9.17) is 0 Å². The molecule has 1 unspecified atom stereocenters. The molecule has 3 rings (SSSR count). The van der Waals surface area contributed by atoms with E-state index in [2.05, 4.69) is 4.98 Å². The number of aromatic nitrogens is 1. The summed E-state index contributed by atoms with van der Waals surface area (Å²) in [7, 11) is 0. The Kier molecular flexibility index (Phi) is 5.68. The van der Waals surface area contributed by atoms with Crippen molar-refractivity contribution in [1.82, 2.24) is 14.8 Å². The third kappa shape index (κ3) is 4.28. The van der Waals surface area contributed by atoms with Gasteiger partial charge in [-0.25, -0.2) is 4.98 Å². The van der Waals surface area contributed by atoms with Crippen LogP contribution in [0, 0.1) is 13.8 Å². The largest absolute Gasteiger partial charge is 0.389 e. The summed E-state index contributed by atoms with van der Waals surface area (Å²) in [6.07, 6.45) is -0.0316. The SMILES string of the molecule is Cc1nc(C)c(C(=O)N2CC(=O)N(CCc3ccccc3)CC(O)C2)s1. The molecule has 7 heteroatoms. The second-order valence-corrected chi connectivity index (χ2v) is 7.77. The van der Waals surface area contributed by atoms with Gasteiger partial charge in [0.05, 0.1) is 16.8 Å². The minimum absolute atomic E-state index is 0.0128. The summed E-state index contributed by atoms with van der Waals surface area (Å²) < 4.78 is 0. The van der Waals surface area contributed by atoms with Crippen LogP contribution in [0.2, 0.25) is 0 Å². The lowest BCUT2D eigenvalue weighted by atomic mass is 10.1. The predicted octanol–water partition coefficient (Wildman–Crippen LogP) is 1.65. The van der Waals surface area contributed by atoms with Crippen molar-refractivity contribution >= 4 is 23.2 Å². The number of benzene rings is 1. The quantitative estimate of drug-likeness (QED) is 0.884. The van der Waals surface area contributed by atoms with Crippen molar-refractivity contribution in [3.05, 3.63) is 51.5 Å². The highest BCUT2D eigenvalue weighted by molar-refractivity contribution is 7.13. The molecule has 6 nitrogen and oxygen atoms in total. The molecule has 1 N–H and O–H groups in total. The van der Waals surface area contributed by atoms with Crippen molar-refractivity contribution < 1.29 is 14.7 Å². The van der Waals surface area contributed by atoms with Crippen LogP contribution < -0.4 is 0 Å². The number of hydrogen-bond acceptors (Lipinski definition) is 5. The van der Waals surface area contributed by atoms with E-state index < -0.39 is 6.10 Å². The molecule has 1 saturated heterocycles. The lowest BCUT2D eigenvalue weighted by molar-refractivity contribution is -0.131. The monoisotopic (exact) mass is 373 g/mol. The highest BCUT2D eigenvalue weighted by atomic mass is 32.1. The van der Waals surface area contributed by atoms with E-state index in [0.29, 0.717) is 17.1 Å². The van der Waals surface area contributed by atoms with Crippen LogP contribution in [0.25, 0.3) is 0 Å². The predicted molar refractivity (Wildman–Crippen MR) is 100 cm³/mol. The lowest BCUT2D eigenvalue weighted by Crippen LogP contribution is -2.40.